The molecule has 0 aromatic carbocycles. The summed E-state index contributed by atoms with van der Waals surface area (Å²) >= 11 is 0. The highest BCUT2D eigenvalue weighted by Gasteiger charge is 2.35. The number of nitrogens with one attached hydrogen (secondary N) is 2. The number of anilines is 3. The lowest BCUT2D eigenvalue weighted by Crippen LogP contribution is -2.35. The molecule has 0 amide bonds. The predicted molar refractivity (Wildman–Crippen MR) is 140 cm³/mol. The number of hydrogen-bond acceptors (Lipinski definition) is 8. The standard InChI is InChI=1S/C26H28F5N9O/c1-25(41)6-3-16(4-7-25)35-18-10-23(33-12-17(18)19-9-20(26(29,30)31)39(2)38-19)36-22-5-8-32-24(37-22)15-11-34-40(13-15)14-21(27)28/h5,8-13,16,21,41H,3-4,6-7,14H2,1-2H3,(H2,32,33,35,36,37). The van der Waals surface area contributed by atoms with E-state index in [-0.39, 0.29) is 17.6 Å². The van der Waals surface area contributed by atoms with Gasteiger partial charge in [0.15, 0.2) is 5.82 Å². The van der Waals surface area contributed by atoms with E-state index in [2.05, 4.69) is 35.8 Å². The van der Waals surface area contributed by atoms with Crippen LogP contribution in [-0.2, 0) is 19.8 Å². The fourth-order valence-corrected chi connectivity index (χ4v) is 4.73. The minimum absolute atomic E-state index is 0.0227. The van der Waals surface area contributed by atoms with Crippen LogP contribution in [0.2, 0.25) is 0 Å². The molecule has 10 nitrogen and oxygen atoms in total. The first-order valence-electron chi connectivity index (χ1n) is 12.9. The summed E-state index contributed by atoms with van der Waals surface area (Å²) < 4.78 is 67.7. The molecular weight excluding hydrogens is 549 g/mol. The first-order chi connectivity index (χ1) is 19.4. The largest absolute Gasteiger partial charge is 0.433 e. The lowest BCUT2D eigenvalue weighted by molar-refractivity contribution is -0.143. The van der Waals surface area contributed by atoms with Crippen molar-refractivity contribution in [3.63, 3.8) is 0 Å². The maximum Gasteiger partial charge on any atom is 0.433 e. The number of rotatable bonds is 8. The van der Waals surface area contributed by atoms with Crippen LogP contribution in [0.5, 0.6) is 0 Å². The highest BCUT2D eigenvalue weighted by molar-refractivity contribution is 5.78. The van der Waals surface area contributed by atoms with Crippen LogP contribution in [0.4, 0.5) is 39.3 Å². The second-order valence-corrected chi connectivity index (χ2v) is 10.3. The number of aryl methyl sites for hydroxylation is 1. The van der Waals surface area contributed by atoms with E-state index in [1.165, 1.54) is 31.8 Å². The van der Waals surface area contributed by atoms with Crippen LogP contribution < -0.4 is 10.6 Å². The second kappa shape index (κ2) is 11.0. The molecule has 0 radical (unpaired) electrons. The average Bonchev–Trinajstić information content (AvgIpc) is 3.52. The van der Waals surface area contributed by atoms with E-state index >= 15 is 0 Å². The van der Waals surface area contributed by atoms with Crippen molar-refractivity contribution in [1.82, 2.24) is 34.5 Å². The van der Waals surface area contributed by atoms with Crippen LogP contribution in [0.25, 0.3) is 22.6 Å². The molecule has 218 valence electrons. The Kier molecular flexibility index (Phi) is 7.64. The molecule has 4 heterocycles. The number of nitrogens with zero attached hydrogens (tertiary/aromatic N) is 7. The van der Waals surface area contributed by atoms with Gasteiger partial charge in [-0.25, -0.2) is 23.7 Å². The second-order valence-electron chi connectivity index (χ2n) is 10.3. The Hall–Kier alpha value is -4.14. The fourth-order valence-electron chi connectivity index (χ4n) is 4.73. The van der Waals surface area contributed by atoms with Crippen molar-refractivity contribution in [2.75, 3.05) is 10.6 Å². The van der Waals surface area contributed by atoms with Gasteiger partial charge in [-0.15, -0.1) is 0 Å². The summed E-state index contributed by atoms with van der Waals surface area (Å²) in [6, 6.07) is 4.21. The molecule has 1 fully saturated rings. The van der Waals surface area contributed by atoms with Crippen LogP contribution in [0.3, 0.4) is 0 Å². The van der Waals surface area contributed by atoms with Gasteiger partial charge < -0.3 is 15.7 Å². The number of aromatic nitrogens is 7. The molecule has 4 aromatic heterocycles. The SMILES string of the molecule is Cn1nc(-c2cnc(Nc3ccnc(-c4cnn(CC(F)F)c4)n3)cc2NC2CCC(C)(O)CC2)cc1C(F)(F)F. The zero-order valence-electron chi connectivity index (χ0n) is 22.2. The summed E-state index contributed by atoms with van der Waals surface area (Å²) in [6.07, 6.45) is 1.10. The van der Waals surface area contributed by atoms with E-state index in [1.54, 1.807) is 19.1 Å². The predicted octanol–water partition coefficient (Wildman–Crippen LogP) is 5.27. The molecule has 1 saturated carbocycles. The third-order valence-corrected chi connectivity index (χ3v) is 6.90. The Balaban J connectivity index is 1.43. The molecule has 0 atom stereocenters. The minimum atomic E-state index is -4.57. The van der Waals surface area contributed by atoms with E-state index < -0.39 is 30.4 Å². The fraction of sp³-hybridized carbons (Fsp3) is 0.423. The van der Waals surface area contributed by atoms with E-state index in [0.29, 0.717) is 54.1 Å². The van der Waals surface area contributed by atoms with Crippen molar-refractivity contribution in [2.24, 2.45) is 7.05 Å². The Bertz CT molecular complexity index is 1510. The lowest BCUT2D eigenvalue weighted by Gasteiger charge is -2.34. The maximum absolute atomic E-state index is 13.5. The van der Waals surface area contributed by atoms with Gasteiger partial charge in [0.1, 0.15) is 23.9 Å². The van der Waals surface area contributed by atoms with Gasteiger partial charge in [-0.2, -0.15) is 23.4 Å². The molecule has 4 aromatic rings. The Labute approximate surface area is 231 Å². The van der Waals surface area contributed by atoms with E-state index in [1.807, 2.05) is 0 Å². The summed E-state index contributed by atoms with van der Waals surface area (Å²) in [6.45, 7) is 1.23. The summed E-state index contributed by atoms with van der Waals surface area (Å²) in [5, 5.41) is 24.8. The Morgan fingerprint density at radius 1 is 1.12 bits per heavy atom. The third kappa shape index (κ3) is 6.78. The van der Waals surface area contributed by atoms with Gasteiger partial charge in [-0.3, -0.25) is 9.36 Å². The molecule has 41 heavy (non-hydrogen) atoms. The number of aliphatic hydroxyl groups is 1. The highest BCUT2D eigenvalue weighted by atomic mass is 19.4. The molecule has 5 rings (SSSR count). The van der Waals surface area contributed by atoms with Gasteiger partial charge >= 0.3 is 6.18 Å². The van der Waals surface area contributed by atoms with Gasteiger partial charge in [-0.1, -0.05) is 0 Å². The van der Waals surface area contributed by atoms with Gasteiger partial charge in [0.25, 0.3) is 6.43 Å². The van der Waals surface area contributed by atoms with Crippen LogP contribution in [-0.4, -0.2) is 57.7 Å². The van der Waals surface area contributed by atoms with Crippen LogP contribution in [0, 0.1) is 0 Å². The van der Waals surface area contributed by atoms with Crippen LogP contribution in [0.1, 0.15) is 38.3 Å². The van der Waals surface area contributed by atoms with Crippen molar-refractivity contribution in [2.45, 2.75) is 63.4 Å². The van der Waals surface area contributed by atoms with Crippen molar-refractivity contribution in [3.05, 3.63) is 48.7 Å². The van der Waals surface area contributed by atoms with Crippen LogP contribution in [0.15, 0.2) is 43.0 Å². The molecule has 0 unspecified atom stereocenters. The van der Waals surface area contributed by atoms with Crippen molar-refractivity contribution in [3.8, 4) is 22.6 Å². The molecular formula is C26H28F5N9O. The number of halogens is 5. The zero-order valence-corrected chi connectivity index (χ0v) is 22.2. The zero-order chi connectivity index (χ0) is 29.4. The molecule has 15 heteroatoms. The average molecular weight is 578 g/mol. The van der Waals surface area contributed by atoms with Crippen molar-refractivity contribution in [1.29, 1.82) is 0 Å². The van der Waals surface area contributed by atoms with E-state index in [4.69, 9.17) is 0 Å². The topological polar surface area (TPSA) is 119 Å². The normalized spacial score (nSPS) is 19.5. The number of pyridine rings is 1. The monoisotopic (exact) mass is 577 g/mol. The van der Waals surface area contributed by atoms with Crippen molar-refractivity contribution >= 4 is 17.3 Å². The molecule has 0 saturated heterocycles. The van der Waals surface area contributed by atoms with Gasteiger partial charge in [0.05, 0.1) is 23.1 Å². The quantitative estimate of drug-likeness (QED) is 0.243. The first-order valence-corrected chi connectivity index (χ1v) is 12.9. The third-order valence-electron chi connectivity index (χ3n) is 6.90. The molecule has 0 aliphatic heterocycles. The molecule has 0 bridgehead atoms. The molecule has 3 N–H and O–H groups in total. The van der Waals surface area contributed by atoms with Gasteiger partial charge in [0, 0.05) is 49.0 Å². The number of alkyl halides is 5. The maximum atomic E-state index is 13.5. The summed E-state index contributed by atoms with van der Waals surface area (Å²) in [4.78, 5) is 13.0. The smallest absolute Gasteiger partial charge is 0.390 e. The molecule has 1 aliphatic carbocycles. The van der Waals surface area contributed by atoms with Crippen LogP contribution >= 0.6 is 0 Å². The molecule has 0 spiro atoms. The lowest BCUT2D eigenvalue weighted by atomic mass is 9.83. The minimum Gasteiger partial charge on any atom is -0.390 e. The molecule has 1 aliphatic rings. The van der Waals surface area contributed by atoms with Crippen molar-refractivity contribution < 1.29 is 27.1 Å². The summed E-state index contributed by atoms with van der Waals surface area (Å²) in [7, 11) is 1.23. The Morgan fingerprint density at radius 3 is 2.56 bits per heavy atom. The highest BCUT2D eigenvalue weighted by Crippen LogP contribution is 2.37. The summed E-state index contributed by atoms with van der Waals surface area (Å²) in [5.41, 5.74) is -0.190. The summed E-state index contributed by atoms with van der Waals surface area (Å²) in [5.74, 6) is 0.964. The van der Waals surface area contributed by atoms with E-state index in [0.717, 1.165) is 15.4 Å². The first kappa shape index (κ1) is 28.4. The Morgan fingerprint density at radius 2 is 1.88 bits per heavy atom. The van der Waals surface area contributed by atoms with Gasteiger partial charge in [0.2, 0.25) is 0 Å². The van der Waals surface area contributed by atoms with Gasteiger partial charge in [-0.05, 0) is 44.7 Å². The van der Waals surface area contributed by atoms with E-state index in [9.17, 15) is 27.1 Å². The number of hydrogen-bond donors (Lipinski definition) is 3.